The number of benzene rings is 10. The van der Waals surface area contributed by atoms with Gasteiger partial charge in [0.1, 0.15) is 11.2 Å². The van der Waals surface area contributed by atoms with Gasteiger partial charge in [-0.2, -0.15) is 0 Å². The van der Waals surface area contributed by atoms with Crippen LogP contribution in [-0.2, 0) is 0 Å². The maximum Gasteiger partial charge on any atom is 0.137 e. The molecule has 0 bridgehead atoms. The van der Waals surface area contributed by atoms with E-state index in [0.717, 1.165) is 50.1 Å². The number of anilines is 3. The molecule has 3 nitrogen and oxygen atoms in total. The van der Waals surface area contributed by atoms with E-state index in [1.807, 2.05) is 0 Å². The van der Waals surface area contributed by atoms with Gasteiger partial charge in [-0.25, -0.2) is 0 Å². The number of para-hydroxylation sites is 1. The number of pyridine rings is 1. The van der Waals surface area contributed by atoms with Gasteiger partial charge in [0.2, 0.25) is 0 Å². The van der Waals surface area contributed by atoms with Gasteiger partial charge >= 0.3 is 0 Å². The molecule has 3 aromatic heterocycles. The Bertz CT molecular complexity index is 3890. The molecule has 10 aromatic carbocycles. The molecular formula is C60H38N2O. The number of rotatable bonds is 6. The maximum absolute atomic E-state index is 6.66. The third-order valence-corrected chi connectivity index (χ3v) is 12.9. The minimum absolute atomic E-state index is 0.859. The highest BCUT2D eigenvalue weighted by Gasteiger charge is 2.21. The summed E-state index contributed by atoms with van der Waals surface area (Å²) in [6, 6.07) is 83.4. The second-order valence-corrected chi connectivity index (χ2v) is 16.5. The lowest BCUT2D eigenvalue weighted by Gasteiger charge is -2.27. The molecule has 0 saturated carbocycles. The number of furan rings is 1. The summed E-state index contributed by atoms with van der Waals surface area (Å²) in [5, 5.41) is 9.60. The summed E-state index contributed by atoms with van der Waals surface area (Å²) < 4.78 is 9.15. The SMILES string of the molecule is c1ccc(-c2ccc3c(c2)oc2cc(N(c4ccc(-c5ccc6c(-c7ccccc7)c7c8ccccc8c8ccccc8n7c6c5)cc4)c4cccc5ccccc45)ccc23)cc1. The van der Waals surface area contributed by atoms with Crippen molar-refractivity contribution in [2.75, 3.05) is 4.90 Å². The molecule has 0 N–H and O–H groups in total. The van der Waals surface area contributed by atoms with Crippen molar-refractivity contribution >= 4 is 87.9 Å². The summed E-state index contributed by atoms with van der Waals surface area (Å²) in [5.74, 6) is 0. The lowest BCUT2D eigenvalue weighted by atomic mass is 9.97. The minimum atomic E-state index is 0.859. The van der Waals surface area contributed by atoms with Crippen LogP contribution < -0.4 is 4.90 Å². The monoisotopic (exact) mass is 802 g/mol. The molecule has 0 unspecified atom stereocenters. The van der Waals surface area contributed by atoms with Gasteiger partial charge in [-0.1, -0.05) is 170 Å². The van der Waals surface area contributed by atoms with Crippen molar-refractivity contribution in [1.29, 1.82) is 0 Å². The normalized spacial score (nSPS) is 11.8. The Labute approximate surface area is 363 Å². The summed E-state index contributed by atoms with van der Waals surface area (Å²) in [7, 11) is 0. The average molecular weight is 803 g/mol. The molecule has 0 saturated heterocycles. The summed E-state index contributed by atoms with van der Waals surface area (Å²) in [4.78, 5) is 2.36. The fourth-order valence-corrected chi connectivity index (χ4v) is 10.0. The zero-order valence-corrected chi connectivity index (χ0v) is 34.2. The fourth-order valence-electron chi connectivity index (χ4n) is 10.0. The Morgan fingerprint density at radius 1 is 0.317 bits per heavy atom. The van der Waals surface area contributed by atoms with E-state index in [0.29, 0.717) is 0 Å². The van der Waals surface area contributed by atoms with Gasteiger partial charge in [0.15, 0.2) is 0 Å². The van der Waals surface area contributed by atoms with E-state index in [9.17, 15) is 0 Å². The highest BCUT2D eigenvalue weighted by molar-refractivity contribution is 6.22. The van der Waals surface area contributed by atoms with Crippen LogP contribution in [0.1, 0.15) is 0 Å². The smallest absolute Gasteiger partial charge is 0.137 e. The molecule has 0 radical (unpaired) electrons. The predicted octanol–water partition coefficient (Wildman–Crippen LogP) is 16.9. The Morgan fingerprint density at radius 3 is 1.67 bits per heavy atom. The third kappa shape index (κ3) is 5.60. The van der Waals surface area contributed by atoms with Gasteiger partial charge in [-0.3, -0.25) is 0 Å². The first-order valence-electron chi connectivity index (χ1n) is 21.6. The predicted molar refractivity (Wildman–Crippen MR) is 266 cm³/mol. The van der Waals surface area contributed by atoms with E-state index in [1.165, 1.54) is 71.1 Å². The molecule has 0 fully saturated rings. The summed E-state index contributed by atoms with van der Waals surface area (Å²) >= 11 is 0. The third-order valence-electron chi connectivity index (χ3n) is 12.9. The first-order valence-corrected chi connectivity index (χ1v) is 21.6. The van der Waals surface area contributed by atoms with Crippen molar-refractivity contribution in [3.8, 4) is 33.4 Å². The lowest BCUT2D eigenvalue weighted by molar-refractivity contribution is 0.669. The Balaban J connectivity index is 0.969. The van der Waals surface area contributed by atoms with Crippen molar-refractivity contribution in [1.82, 2.24) is 4.40 Å². The zero-order valence-electron chi connectivity index (χ0n) is 34.2. The second-order valence-electron chi connectivity index (χ2n) is 16.5. The molecule has 13 rings (SSSR count). The Morgan fingerprint density at radius 2 is 0.873 bits per heavy atom. The van der Waals surface area contributed by atoms with Crippen LogP contribution in [0.15, 0.2) is 235 Å². The quantitative estimate of drug-likeness (QED) is 0.156. The van der Waals surface area contributed by atoms with E-state index >= 15 is 0 Å². The Kier molecular flexibility index (Phi) is 7.91. The maximum atomic E-state index is 6.66. The average Bonchev–Trinajstić information content (AvgIpc) is 3.90. The molecule has 0 amide bonds. The van der Waals surface area contributed by atoms with Crippen molar-refractivity contribution in [3.63, 3.8) is 0 Å². The van der Waals surface area contributed by atoms with Crippen LogP contribution in [0.25, 0.3) is 104 Å². The highest BCUT2D eigenvalue weighted by Crippen LogP contribution is 2.45. The molecule has 3 heterocycles. The van der Waals surface area contributed by atoms with Gasteiger partial charge < -0.3 is 13.7 Å². The van der Waals surface area contributed by atoms with E-state index in [-0.39, 0.29) is 0 Å². The molecule has 0 atom stereocenters. The molecule has 13 aromatic rings. The largest absolute Gasteiger partial charge is 0.456 e. The molecule has 294 valence electrons. The van der Waals surface area contributed by atoms with Crippen LogP contribution in [0.3, 0.4) is 0 Å². The van der Waals surface area contributed by atoms with E-state index in [4.69, 9.17) is 4.42 Å². The van der Waals surface area contributed by atoms with E-state index < -0.39 is 0 Å². The second kappa shape index (κ2) is 14.1. The van der Waals surface area contributed by atoms with Crippen LogP contribution >= 0.6 is 0 Å². The first kappa shape index (κ1) is 35.4. The standard InChI is InChI=1S/C60H38N2O/c1-3-14-39(15-4-1)44-28-33-50-51-35-32-46(38-58(51)63-57(50)37-44)61(54-25-13-19-41-16-7-8-20-47(41)54)45-30-26-40(27-31-45)43-29-34-53-56(36-43)62-55-24-12-11-22-49(55)48-21-9-10-23-52(48)60(62)59(53)42-17-5-2-6-18-42/h1-38H. The topological polar surface area (TPSA) is 20.8 Å². The van der Waals surface area contributed by atoms with E-state index in [2.05, 4.69) is 240 Å². The highest BCUT2D eigenvalue weighted by atomic mass is 16.3. The van der Waals surface area contributed by atoms with Gasteiger partial charge in [0.25, 0.3) is 0 Å². The van der Waals surface area contributed by atoms with Crippen molar-refractivity contribution in [2.45, 2.75) is 0 Å². The van der Waals surface area contributed by atoms with Crippen LogP contribution in [0.4, 0.5) is 17.1 Å². The molecule has 63 heavy (non-hydrogen) atoms. The van der Waals surface area contributed by atoms with Gasteiger partial charge in [0, 0.05) is 55.3 Å². The summed E-state index contributed by atoms with van der Waals surface area (Å²) in [6.45, 7) is 0. The molecule has 0 aliphatic heterocycles. The zero-order chi connectivity index (χ0) is 41.4. The molecule has 3 heteroatoms. The minimum Gasteiger partial charge on any atom is -0.456 e. The van der Waals surface area contributed by atoms with Crippen LogP contribution in [0, 0.1) is 0 Å². The molecule has 0 aliphatic rings. The van der Waals surface area contributed by atoms with Crippen molar-refractivity contribution < 1.29 is 4.42 Å². The molecule has 0 spiro atoms. The lowest BCUT2D eigenvalue weighted by Crippen LogP contribution is -2.10. The summed E-state index contributed by atoms with van der Waals surface area (Å²) in [5.41, 5.74) is 15.7. The van der Waals surface area contributed by atoms with Crippen LogP contribution in [-0.4, -0.2) is 4.40 Å². The van der Waals surface area contributed by atoms with Crippen LogP contribution in [0.5, 0.6) is 0 Å². The number of hydrogen-bond donors (Lipinski definition) is 0. The molecule has 0 aliphatic carbocycles. The molecular weight excluding hydrogens is 765 g/mol. The van der Waals surface area contributed by atoms with Gasteiger partial charge in [0.05, 0.1) is 22.2 Å². The summed E-state index contributed by atoms with van der Waals surface area (Å²) in [6.07, 6.45) is 0. The number of hydrogen-bond acceptors (Lipinski definition) is 2. The number of aromatic nitrogens is 1. The number of fused-ring (bicyclic) bond motifs is 12. The van der Waals surface area contributed by atoms with Crippen molar-refractivity contribution in [2.24, 2.45) is 0 Å². The van der Waals surface area contributed by atoms with Crippen molar-refractivity contribution in [3.05, 3.63) is 231 Å². The first-order chi connectivity index (χ1) is 31.2. The van der Waals surface area contributed by atoms with E-state index in [1.54, 1.807) is 0 Å². The fraction of sp³-hybridized carbons (Fsp3) is 0. The van der Waals surface area contributed by atoms with Gasteiger partial charge in [-0.05, 0) is 93.2 Å². The van der Waals surface area contributed by atoms with Crippen LogP contribution in [0.2, 0.25) is 0 Å². The van der Waals surface area contributed by atoms with Gasteiger partial charge in [-0.15, -0.1) is 0 Å². The number of nitrogens with zero attached hydrogens (tertiary/aromatic N) is 2. The Hall–Kier alpha value is -8.40.